The third-order valence-electron chi connectivity index (χ3n) is 4.11. The van der Waals surface area contributed by atoms with Gasteiger partial charge in [0.2, 0.25) is 5.91 Å². The summed E-state index contributed by atoms with van der Waals surface area (Å²) in [5, 5.41) is 2.72. The zero-order valence-electron chi connectivity index (χ0n) is 13.3. The summed E-state index contributed by atoms with van der Waals surface area (Å²) in [4.78, 5) is 25.9. The number of carbonyl (C=O) groups excluding carboxylic acids is 2. The van der Waals surface area contributed by atoms with Crippen molar-refractivity contribution >= 4 is 17.5 Å². The number of anilines is 1. The summed E-state index contributed by atoms with van der Waals surface area (Å²) >= 11 is 0. The van der Waals surface area contributed by atoms with E-state index in [0.717, 1.165) is 24.9 Å². The van der Waals surface area contributed by atoms with E-state index in [-0.39, 0.29) is 17.6 Å². The maximum Gasteiger partial charge on any atom is 0.255 e. The number of benzene rings is 2. The molecule has 1 aliphatic heterocycles. The fourth-order valence-electron chi connectivity index (χ4n) is 2.75. The van der Waals surface area contributed by atoms with E-state index >= 15 is 0 Å². The molecule has 0 spiro atoms. The lowest BCUT2D eigenvalue weighted by Gasteiger charge is -2.26. The van der Waals surface area contributed by atoms with E-state index in [1.807, 2.05) is 17.0 Å². The van der Waals surface area contributed by atoms with E-state index in [9.17, 15) is 14.0 Å². The summed E-state index contributed by atoms with van der Waals surface area (Å²) in [5.41, 5.74) is 2.07. The minimum absolute atomic E-state index is 0.194. The number of rotatable bonds is 4. The minimum atomic E-state index is -0.343. The molecule has 0 unspecified atom stereocenters. The fraction of sp³-hybridized carbons (Fsp3) is 0.263. The lowest BCUT2D eigenvalue weighted by Crippen LogP contribution is -2.34. The van der Waals surface area contributed by atoms with E-state index < -0.39 is 0 Å². The van der Waals surface area contributed by atoms with Crippen LogP contribution in [0.15, 0.2) is 48.5 Å². The maximum atomic E-state index is 12.9. The van der Waals surface area contributed by atoms with Crippen molar-refractivity contribution in [2.75, 3.05) is 11.9 Å². The number of amides is 2. The van der Waals surface area contributed by atoms with Gasteiger partial charge >= 0.3 is 0 Å². The van der Waals surface area contributed by atoms with Crippen LogP contribution in [0.25, 0.3) is 0 Å². The van der Waals surface area contributed by atoms with Crippen LogP contribution < -0.4 is 5.32 Å². The molecule has 0 aliphatic carbocycles. The van der Waals surface area contributed by atoms with E-state index in [4.69, 9.17) is 0 Å². The molecule has 2 amide bonds. The maximum absolute atomic E-state index is 12.9. The van der Waals surface area contributed by atoms with Crippen molar-refractivity contribution in [3.05, 3.63) is 65.5 Å². The van der Waals surface area contributed by atoms with Gasteiger partial charge in [-0.05, 0) is 54.8 Å². The van der Waals surface area contributed by atoms with Gasteiger partial charge in [-0.15, -0.1) is 0 Å². The first kappa shape index (κ1) is 16.2. The van der Waals surface area contributed by atoms with E-state index in [0.29, 0.717) is 24.2 Å². The number of nitrogens with zero attached hydrogens (tertiary/aromatic N) is 1. The highest BCUT2D eigenvalue weighted by Gasteiger charge is 2.18. The van der Waals surface area contributed by atoms with Crippen LogP contribution in [0.3, 0.4) is 0 Å². The highest BCUT2D eigenvalue weighted by atomic mass is 19.1. The molecule has 5 heteroatoms. The summed E-state index contributed by atoms with van der Waals surface area (Å²) in [6.45, 7) is 1.38. The SMILES string of the molecule is O=C(Nc1ccc(F)cc1)c1ccc(CN2CCCCC2=O)cc1. The molecule has 124 valence electrons. The second-order valence-corrected chi connectivity index (χ2v) is 5.93. The summed E-state index contributed by atoms with van der Waals surface area (Å²) in [7, 11) is 0. The van der Waals surface area contributed by atoms with Gasteiger partial charge in [0.1, 0.15) is 5.82 Å². The molecule has 0 bridgehead atoms. The Morgan fingerprint density at radius 2 is 1.75 bits per heavy atom. The molecule has 2 aromatic rings. The smallest absolute Gasteiger partial charge is 0.255 e. The van der Waals surface area contributed by atoms with Crippen LogP contribution in [0.2, 0.25) is 0 Å². The van der Waals surface area contributed by atoms with Gasteiger partial charge in [0.05, 0.1) is 0 Å². The van der Waals surface area contributed by atoms with E-state index in [1.165, 1.54) is 24.3 Å². The van der Waals surface area contributed by atoms with Crippen LogP contribution in [-0.4, -0.2) is 23.3 Å². The third kappa shape index (κ3) is 3.98. The third-order valence-corrected chi connectivity index (χ3v) is 4.11. The van der Waals surface area contributed by atoms with Crippen LogP contribution in [0.1, 0.15) is 35.2 Å². The average Bonchev–Trinajstić information content (AvgIpc) is 2.59. The monoisotopic (exact) mass is 326 g/mol. The van der Waals surface area contributed by atoms with Gasteiger partial charge in [0.15, 0.2) is 0 Å². The van der Waals surface area contributed by atoms with Crippen LogP contribution in [-0.2, 0) is 11.3 Å². The number of halogens is 1. The number of nitrogens with one attached hydrogen (secondary N) is 1. The Bertz CT molecular complexity index is 726. The lowest BCUT2D eigenvalue weighted by molar-refractivity contribution is -0.133. The predicted molar refractivity (Wildman–Crippen MR) is 90.1 cm³/mol. The van der Waals surface area contributed by atoms with Crippen LogP contribution in [0.5, 0.6) is 0 Å². The van der Waals surface area contributed by atoms with E-state index in [1.54, 1.807) is 12.1 Å². The minimum Gasteiger partial charge on any atom is -0.338 e. The second-order valence-electron chi connectivity index (χ2n) is 5.93. The van der Waals surface area contributed by atoms with Crippen LogP contribution in [0, 0.1) is 5.82 Å². The summed E-state index contributed by atoms with van der Waals surface area (Å²) in [6, 6.07) is 12.8. The second kappa shape index (κ2) is 7.25. The first-order chi connectivity index (χ1) is 11.6. The molecular formula is C19H19FN2O2. The highest BCUT2D eigenvalue weighted by molar-refractivity contribution is 6.04. The van der Waals surface area contributed by atoms with Crippen molar-refractivity contribution in [1.82, 2.24) is 4.90 Å². The Hall–Kier alpha value is -2.69. The average molecular weight is 326 g/mol. The number of hydrogen-bond acceptors (Lipinski definition) is 2. The molecule has 0 radical (unpaired) electrons. The topological polar surface area (TPSA) is 49.4 Å². The zero-order valence-corrected chi connectivity index (χ0v) is 13.3. The van der Waals surface area contributed by atoms with E-state index in [2.05, 4.69) is 5.32 Å². The number of hydrogen-bond donors (Lipinski definition) is 1. The van der Waals surface area contributed by atoms with Crippen molar-refractivity contribution < 1.29 is 14.0 Å². The summed E-state index contributed by atoms with van der Waals surface area (Å²) < 4.78 is 12.9. The molecule has 0 aromatic heterocycles. The molecule has 24 heavy (non-hydrogen) atoms. The van der Waals surface area contributed by atoms with Crippen LogP contribution >= 0.6 is 0 Å². The molecule has 0 saturated carbocycles. The van der Waals surface area contributed by atoms with Crippen molar-refractivity contribution in [3.63, 3.8) is 0 Å². The first-order valence-electron chi connectivity index (χ1n) is 8.05. The van der Waals surface area contributed by atoms with Crippen molar-refractivity contribution in [3.8, 4) is 0 Å². The Morgan fingerprint density at radius 3 is 2.42 bits per heavy atom. The Morgan fingerprint density at radius 1 is 1.04 bits per heavy atom. The normalized spacial score (nSPS) is 14.5. The molecule has 1 heterocycles. The standard InChI is InChI=1S/C19H19FN2O2/c20-16-8-10-17(11-9-16)21-19(24)15-6-4-14(5-7-15)13-22-12-2-1-3-18(22)23/h4-11H,1-3,12-13H2,(H,21,24). The van der Waals surface area contributed by atoms with Gasteiger partial charge in [0.25, 0.3) is 5.91 Å². The lowest BCUT2D eigenvalue weighted by atomic mass is 10.1. The molecule has 1 fully saturated rings. The Kier molecular flexibility index (Phi) is 4.89. The zero-order chi connectivity index (χ0) is 16.9. The first-order valence-corrected chi connectivity index (χ1v) is 8.05. The molecule has 1 saturated heterocycles. The summed E-state index contributed by atoms with van der Waals surface area (Å²) in [6.07, 6.45) is 2.64. The molecular weight excluding hydrogens is 307 g/mol. The summed E-state index contributed by atoms with van der Waals surface area (Å²) in [5.74, 6) is -0.397. The molecule has 1 N–H and O–H groups in total. The van der Waals surface area contributed by atoms with Gasteiger partial charge < -0.3 is 10.2 Å². The quantitative estimate of drug-likeness (QED) is 0.933. The Labute approximate surface area is 140 Å². The molecule has 3 rings (SSSR count). The van der Waals surface area contributed by atoms with Gasteiger partial charge in [-0.25, -0.2) is 4.39 Å². The molecule has 1 aliphatic rings. The van der Waals surface area contributed by atoms with Gasteiger partial charge in [-0.1, -0.05) is 12.1 Å². The Balaban J connectivity index is 1.62. The number of piperidine rings is 1. The fourth-order valence-corrected chi connectivity index (χ4v) is 2.75. The molecule has 4 nitrogen and oxygen atoms in total. The number of carbonyl (C=O) groups is 2. The molecule has 2 aromatic carbocycles. The predicted octanol–water partition coefficient (Wildman–Crippen LogP) is 3.59. The van der Waals surface area contributed by atoms with Crippen LogP contribution in [0.4, 0.5) is 10.1 Å². The largest absolute Gasteiger partial charge is 0.338 e. The van der Waals surface area contributed by atoms with Gasteiger partial charge in [-0.3, -0.25) is 9.59 Å². The van der Waals surface area contributed by atoms with Crippen molar-refractivity contribution in [2.45, 2.75) is 25.8 Å². The van der Waals surface area contributed by atoms with Crippen molar-refractivity contribution in [1.29, 1.82) is 0 Å². The molecule has 0 atom stereocenters. The van der Waals surface area contributed by atoms with Gasteiger partial charge in [-0.2, -0.15) is 0 Å². The van der Waals surface area contributed by atoms with Crippen molar-refractivity contribution in [2.24, 2.45) is 0 Å². The highest BCUT2D eigenvalue weighted by Crippen LogP contribution is 2.16. The van der Waals surface area contributed by atoms with Gasteiger partial charge in [0, 0.05) is 30.8 Å². The number of likely N-dealkylation sites (tertiary alicyclic amines) is 1.